The predicted octanol–water partition coefficient (Wildman–Crippen LogP) is 3.22. The Hall–Kier alpha value is -1.23. The number of benzene rings is 1. The standard InChI is InChI=1S/C14H18FNO2S/c1-13(2)7-14(12(17)18,9-19-8-13)16-11-5-3-10(15)4-6-11/h3-6,16H,7-9H2,1-2H3,(H,17,18). The van der Waals surface area contributed by atoms with Crippen molar-refractivity contribution in [1.29, 1.82) is 0 Å². The molecule has 0 spiro atoms. The third-order valence-electron chi connectivity index (χ3n) is 3.26. The van der Waals surface area contributed by atoms with Crippen LogP contribution in [0.1, 0.15) is 20.3 Å². The van der Waals surface area contributed by atoms with Crippen molar-refractivity contribution in [2.24, 2.45) is 5.41 Å². The molecular weight excluding hydrogens is 265 g/mol. The molecule has 1 aromatic carbocycles. The molecular formula is C14H18FNO2S. The van der Waals surface area contributed by atoms with Gasteiger partial charge in [0.2, 0.25) is 0 Å². The van der Waals surface area contributed by atoms with Gasteiger partial charge in [-0.3, -0.25) is 0 Å². The first kappa shape index (κ1) is 14.2. The van der Waals surface area contributed by atoms with Crippen LogP contribution in [-0.4, -0.2) is 28.1 Å². The van der Waals surface area contributed by atoms with Crippen molar-refractivity contribution >= 4 is 23.4 Å². The molecule has 0 aliphatic carbocycles. The summed E-state index contributed by atoms with van der Waals surface area (Å²) in [6.45, 7) is 4.15. The highest BCUT2D eigenvalue weighted by atomic mass is 32.2. The first-order chi connectivity index (χ1) is 8.83. The summed E-state index contributed by atoms with van der Waals surface area (Å²) in [4.78, 5) is 11.7. The van der Waals surface area contributed by atoms with Crippen molar-refractivity contribution in [3.8, 4) is 0 Å². The fraction of sp³-hybridized carbons (Fsp3) is 0.500. The van der Waals surface area contributed by atoms with Crippen LogP contribution in [0.25, 0.3) is 0 Å². The Labute approximate surface area is 116 Å². The Morgan fingerprint density at radius 1 is 1.32 bits per heavy atom. The van der Waals surface area contributed by atoms with Gasteiger partial charge in [-0.1, -0.05) is 13.8 Å². The zero-order valence-corrected chi connectivity index (χ0v) is 11.9. The Morgan fingerprint density at radius 2 is 1.95 bits per heavy atom. The average Bonchev–Trinajstić information content (AvgIpc) is 2.31. The summed E-state index contributed by atoms with van der Waals surface area (Å²) in [5.74, 6) is 0.293. The minimum Gasteiger partial charge on any atom is -0.479 e. The van der Waals surface area contributed by atoms with Gasteiger partial charge >= 0.3 is 5.97 Å². The number of carboxylic acid groups (broad SMARTS) is 1. The summed E-state index contributed by atoms with van der Waals surface area (Å²) in [5, 5.41) is 12.7. The van der Waals surface area contributed by atoms with Gasteiger partial charge in [0, 0.05) is 11.4 Å². The molecule has 2 rings (SSSR count). The highest BCUT2D eigenvalue weighted by Gasteiger charge is 2.46. The lowest BCUT2D eigenvalue weighted by Gasteiger charge is -2.42. The molecule has 0 aromatic heterocycles. The Bertz CT molecular complexity index is 475. The normalized spacial score (nSPS) is 25.8. The van der Waals surface area contributed by atoms with Gasteiger partial charge in [0.15, 0.2) is 0 Å². The molecule has 0 radical (unpaired) electrons. The van der Waals surface area contributed by atoms with E-state index in [1.165, 1.54) is 12.1 Å². The van der Waals surface area contributed by atoms with Crippen molar-refractivity contribution < 1.29 is 14.3 Å². The molecule has 0 bridgehead atoms. The van der Waals surface area contributed by atoms with Crippen molar-refractivity contribution in [3.63, 3.8) is 0 Å². The van der Waals surface area contributed by atoms with E-state index >= 15 is 0 Å². The SMILES string of the molecule is CC1(C)CSCC(Nc2ccc(F)cc2)(C(=O)O)C1. The van der Waals surface area contributed by atoms with Gasteiger partial charge in [-0.2, -0.15) is 11.8 Å². The predicted molar refractivity (Wildman–Crippen MR) is 76.1 cm³/mol. The van der Waals surface area contributed by atoms with Crippen LogP contribution in [0, 0.1) is 11.2 Å². The lowest BCUT2D eigenvalue weighted by molar-refractivity contribution is -0.142. The van der Waals surface area contributed by atoms with E-state index in [4.69, 9.17) is 0 Å². The van der Waals surface area contributed by atoms with Gasteiger partial charge in [0.1, 0.15) is 11.4 Å². The number of carbonyl (C=O) groups is 1. The molecule has 0 amide bonds. The monoisotopic (exact) mass is 283 g/mol. The van der Waals surface area contributed by atoms with E-state index in [0.29, 0.717) is 17.9 Å². The molecule has 5 heteroatoms. The smallest absolute Gasteiger partial charge is 0.330 e. The molecule has 2 N–H and O–H groups in total. The highest BCUT2D eigenvalue weighted by Crippen LogP contribution is 2.41. The fourth-order valence-electron chi connectivity index (χ4n) is 2.50. The molecule has 3 nitrogen and oxygen atoms in total. The van der Waals surface area contributed by atoms with E-state index in [0.717, 1.165) is 5.75 Å². The number of halogens is 1. The van der Waals surface area contributed by atoms with Crippen LogP contribution < -0.4 is 5.32 Å². The van der Waals surface area contributed by atoms with Gasteiger partial charge in [0.05, 0.1) is 0 Å². The molecule has 1 aromatic rings. The molecule has 1 heterocycles. The highest BCUT2D eigenvalue weighted by molar-refractivity contribution is 7.99. The summed E-state index contributed by atoms with van der Waals surface area (Å²) < 4.78 is 12.9. The van der Waals surface area contributed by atoms with Crippen molar-refractivity contribution in [2.75, 3.05) is 16.8 Å². The molecule has 1 aliphatic rings. The number of nitrogens with one attached hydrogen (secondary N) is 1. The summed E-state index contributed by atoms with van der Waals surface area (Å²) in [7, 11) is 0. The third-order valence-corrected chi connectivity index (χ3v) is 4.94. The number of hydrogen-bond acceptors (Lipinski definition) is 3. The van der Waals surface area contributed by atoms with Gasteiger partial charge in [-0.15, -0.1) is 0 Å². The van der Waals surface area contributed by atoms with Crippen molar-refractivity contribution in [3.05, 3.63) is 30.1 Å². The van der Waals surface area contributed by atoms with Crippen LogP contribution in [0.15, 0.2) is 24.3 Å². The van der Waals surface area contributed by atoms with Gasteiger partial charge < -0.3 is 10.4 Å². The van der Waals surface area contributed by atoms with Gasteiger partial charge in [-0.05, 0) is 41.9 Å². The molecule has 1 fully saturated rings. The van der Waals surface area contributed by atoms with E-state index < -0.39 is 11.5 Å². The molecule has 0 saturated carbocycles. The minimum atomic E-state index is -0.982. The largest absolute Gasteiger partial charge is 0.479 e. The van der Waals surface area contributed by atoms with E-state index in [-0.39, 0.29) is 11.2 Å². The van der Waals surface area contributed by atoms with Crippen LogP contribution >= 0.6 is 11.8 Å². The van der Waals surface area contributed by atoms with E-state index in [1.807, 2.05) is 0 Å². The van der Waals surface area contributed by atoms with Crippen LogP contribution in [-0.2, 0) is 4.79 Å². The maximum atomic E-state index is 12.9. The van der Waals surface area contributed by atoms with Crippen LogP contribution in [0.3, 0.4) is 0 Å². The number of carboxylic acids is 1. The Balaban J connectivity index is 2.25. The zero-order valence-electron chi connectivity index (χ0n) is 11.1. The second kappa shape index (κ2) is 5.04. The molecule has 104 valence electrons. The van der Waals surface area contributed by atoms with E-state index in [1.54, 1.807) is 23.9 Å². The number of aliphatic carboxylic acids is 1. The lowest BCUT2D eigenvalue weighted by Crippen LogP contribution is -2.54. The summed E-state index contributed by atoms with van der Waals surface area (Å²) in [5.41, 5.74) is -0.374. The van der Waals surface area contributed by atoms with E-state index in [2.05, 4.69) is 19.2 Å². The third kappa shape index (κ3) is 3.21. The van der Waals surface area contributed by atoms with Gasteiger partial charge in [0.25, 0.3) is 0 Å². The number of hydrogen-bond donors (Lipinski definition) is 2. The summed E-state index contributed by atoms with van der Waals surface area (Å²) in [6.07, 6.45) is 0.555. The first-order valence-electron chi connectivity index (χ1n) is 6.18. The van der Waals surface area contributed by atoms with Crippen molar-refractivity contribution in [1.82, 2.24) is 0 Å². The fourth-order valence-corrected chi connectivity index (χ4v) is 3.90. The molecule has 1 unspecified atom stereocenters. The van der Waals surface area contributed by atoms with Crippen molar-refractivity contribution in [2.45, 2.75) is 25.8 Å². The number of anilines is 1. The topological polar surface area (TPSA) is 49.3 Å². The summed E-state index contributed by atoms with van der Waals surface area (Å²) >= 11 is 1.64. The van der Waals surface area contributed by atoms with Crippen LogP contribution in [0.4, 0.5) is 10.1 Å². The molecule has 19 heavy (non-hydrogen) atoms. The Morgan fingerprint density at radius 3 is 2.47 bits per heavy atom. The number of thioether (sulfide) groups is 1. The molecule has 1 saturated heterocycles. The average molecular weight is 283 g/mol. The summed E-state index contributed by atoms with van der Waals surface area (Å²) in [6, 6.07) is 5.82. The minimum absolute atomic E-state index is 0.0334. The molecule has 1 atom stereocenters. The maximum Gasteiger partial charge on any atom is 0.330 e. The van der Waals surface area contributed by atoms with E-state index in [9.17, 15) is 14.3 Å². The maximum absolute atomic E-state index is 12.9. The number of rotatable bonds is 3. The first-order valence-corrected chi connectivity index (χ1v) is 7.33. The second-order valence-electron chi connectivity index (χ2n) is 5.85. The van der Waals surface area contributed by atoms with Crippen LogP contribution in [0.2, 0.25) is 0 Å². The molecule has 1 aliphatic heterocycles. The Kier molecular flexibility index (Phi) is 3.76. The van der Waals surface area contributed by atoms with Gasteiger partial charge in [-0.25, -0.2) is 9.18 Å². The second-order valence-corrected chi connectivity index (χ2v) is 6.84. The zero-order chi connectivity index (χ0) is 14.1. The lowest BCUT2D eigenvalue weighted by atomic mass is 9.79. The van der Waals surface area contributed by atoms with Crippen LogP contribution in [0.5, 0.6) is 0 Å². The quantitative estimate of drug-likeness (QED) is 0.894.